The highest BCUT2D eigenvalue weighted by Crippen LogP contribution is 2.65. The summed E-state index contributed by atoms with van der Waals surface area (Å²) in [4.78, 5) is 27.4. The van der Waals surface area contributed by atoms with Crippen LogP contribution < -0.4 is 5.32 Å². The number of hydrogen-bond acceptors (Lipinski definition) is 4. The Hall–Kier alpha value is -1.86. The number of benzene rings is 2. The Morgan fingerprint density at radius 2 is 1.82 bits per heavy atom. The van der Waals surface area contributed by atoms with Gasteiger partial charge in [0.05, 0.1) is 22.7 Å². The molecule has 0 aromatic heterocycles. The van der Waals surface area contributed by atoms with Crippen molar-refractivity contribution in [2.75, 3.05) is 0 Å². The van der Waals surface area contributed by atoms with E-state index in [1.54, 1.807) is 18.2 Å². The van der Waals surface area contributed by atoms with Crippen LogP contribution in [0, 0.1) is 29.1 Å². The highest BCUT2D eigenvalue weighted by Gasteiger charge is 2.68. The number of hydrogen-bond donors (Lipinski definition) is 1. The van der Waals surface area contributed by atoms with Gasteiger partial charge in [0.2, 0.25) is 5.91 Å². The molecule has 1 saturated heterocycles. The van der Waals surface area contributed by atoms with Crippen LogP contribution in [0.25, 0.3) is 0 Å². The molecule has 8 heteroatoms. The fourth-order valence-electron chi connectivity index (χ4n) is 7.52. The predicted octanol–water partition coefficient (Wildman–Crippen LogP) is 6.98. The second kappa shape index (κ2) is 10.8. The summed E-state index contributed by atoms with van der Waals surface area (Å²) >= 11 is 12.5. The van der Waals surface area contributed by atoms with Crippen molar-refractivity contribution in [2.24, 2.45) is 29.1 Å². The fourth-order valence-corrected chi connectivity index (χ4v) is 7.92. The van der Waals surface area contributed by atoms with E-state index < -0.39 is 13.0 Å². The lowest BCUT2D eigenvalue weighted by atomic mass is 9.43. The monoisotopic (exact) mass is 581 g/mol. The Morgan fingerprint density at radius 1 is 1.07 bits per heavy atom. The maximum absolute atomic E-state index is 14.0. The first-order valence-corrected chi connectivity index (χ1v) is 15.5. The van der Waals surface area contributed by atoms with Crippen molar-refractivity contribution in [3.8, 4) is 0 Å². The second-order valence-electron chi connectivity index (χ2n) is 13.3. The summed E-state index contributed by atoms with van der Waals surface area (Å²) in [7, 11) is -0.481. The van der Waals surface area contributed by atoms with Gasteiger partial charge in [0.15, 0.2) is 5.78 Å². The van der Waals surface area contributed by atoms with Gasteiger partial charge in [-0.2, -0.15) is 0 Å². The molecule has 1 amide bonds. The van der Waals surface area contributed by atoms with Gasteiger partial charge in [0, 0.05) is 22.9 Å². The number of halogens is 2. The Morgan fingerprint density at radius 3 is 2.52 bits per heavy atom. The SMILES string of the molecule is CC1(C)[C@@H]2C[C@H]3OB([C@H](CC4CC4)NC(=O)[C@@H](CC(=O)c4cc(Cl)ccc4Cl)Cc4ccccc4)O[C@@]3(C)[C@H]1C2. The van der Waals surface area contributed by atoms with Crippen LogP contribution in [-0.4, -0.2) is 36.5 Å². The normalized spacial score (nSPS) is 29.7. The quantitative estimate of drug-likeness (QED) is 0.243. The highest BCUT2D eigenvalue weighted by molar-refractivity contribution is 6.48. The standard InChI is InChI=1S/C32H38BCl2NO4/c1-31(2)22-16-27(31)32(3)28(17-22)39-33(40-32)29(14-20-9-10-20)36-30(38)21(13-19-7-5-4-6-8-19)15-26(37)24-18-23(34)11-12-25(24)35/h4-8,11-12,18,20-22,27-29H,9-10,13-17H2,1-3H3,(H,36,38)/t21-,22+,27+,28-,29+,32+/m1/s1. The molecule has 212 valence electrons. The Kier molecular flexibility index (Phi) is 7.61. The van der Waals surface area contributed by atoms with Crippen LogP contribution in [0.15, 0.2) is 48.5 Å². The molecule has 0 radical (unpaired) electrons. The summed E-state index contributed by atoms with van der Waals surface area (Å²) in [6, 6.07) is 14.7. The van der Waals surface area contributed by atoms with Gasteiger partial charge in [0.1, 0.15) is 0 Å². The van der Waals surface area contributed by atoms with Crippen molar-refractivity contribution in [1.29, 1.82) is 0 Å². The first-order chi connectivity index (χ1) is 19.0. The molecular weight excluding hydrogens is 544 g/mol. The lowest BCUT2D eigenvalue weighted by Crippen LogP contribution is -2.65. The molecule has 4 aliphatic carbocycles. The first kappa shape index (κ1) is 28.3. The third-order valence-electron chi connectivity index (χ3n) is 10.3. The molecule has 6 atom stereocenters. The minimum atomic E-state index is -0.572. The number of carbonyl (C=O) groups excluding carboxylic acids is 2. The van der Waals surface area contributed by atoms with Crippen molar-refractivity contribution in [1.82, 2.24) is 5.32 Å². The zero-order valence-electron chi connectivity index (χ0n) is 23.5. The van der Waals surface area contributed by atoms with Crippen molar-refractivity contribution >= 4 is 42.0 Å². The van der Waals surface area contributed by atoms with Crippen LogP contribution in [0.5, 0.6) is 0 Å². The molecule has 4 saturated carbocycles. The lowest BCUT2D eigenvalue weighted by molar-refractivity contribution is -0.199. The zero-order chi connectivity index (χ0) is 28.2. The van der Waals surface area contributed by atoms with Gasteiger partial charge in [-0.1, -0.05) is 80.2 Å². The lowest BCUT2D eigenvalue weighted by Gasteiger charge is -2.64. The van der Waals surface area contributed by atoms with E-state index in [1.807, 2.05) is 30.3 Å². The summed E-state index contributed by atoms with van der Waals surface area (Å²) < 4.78 is 13.4. The number of carbonyl (C=O) groups is 2. The van der Waals surface area contributed by atoms with Gasteiger partial charge in [-0.3, -0.25) is 9.59 Å². The van der Waals surface area contributed by atoms with Gasteiger partial charge in [-0.05, 0) is 79.5 Å². The molecule has 2 aromatic rings. The van der Waals surface area contributed by atoms with Gasteiger partial charge in [-0.15, -0.1) is 0 Å². The van der Waals surface area contributed by atoms with E-state index in [9.17, 15) is 9.59 Å². The molecule has 1 aliphatic heterocycles. The largest absolute Gasteiger partial charge is 0.481 e. The Balaban J connectivity index is 1.21. The molecule has 40 heavy (non-hydrogen) atoms. The summed E-state index contributed by atoms with van der Waals surface area (Å²) in [5, 5.41) is 4.08. The molecule has 5 aliphatic rings. The molecule has 1 heterocycles. The van der Waals surface area contributed by atoms with Crippen LogP contribution in [0.3, 0.4) is 0 Å². The van der Waals surface area contributed by atoms with Gasteiger partial charge < -0.3 is 14.6 Å². The third-order valence-corrected chi connectivity index (χ3v) is 10.8. The summed E-state index contributed by atoms with van der Waals surface area (Å²) in [5.74, 6) is 0.501. The van der Waals surface area contributed by atoms with Crippen molar-refractivity contribution < 1.29 is 18.9 Å². The van der Waals surface area contributed by atoms with Crippen LogP contribution >= 0.6 is 23.2 Å². The topological polar surface area (TPSA) is 64.6 Å². The number of nitrogens with one attached hydrogen (secondary N) is 1. The van der Waals surface area contributed by atoms with Gasteiger partial charge >= 0.3 is 7.12 Å². The van der Waals surface area contributed by atoms with Crippen LogP contribution in [-0.2, 0) is 20.5 Å². The Bertz CT molecular complexity index is 1280. The highest BCUT2D eigenvalue weighted by atomic mass is 35.5. The van der Waals surface area contributed by atoms with Crippen molar-refractivity contribution in [2.45, 2.75) is 83.4 Å². The van der Waals surface area contributed by atoms with E-state index in [4.69, 9.17) is 32.5 Å². The third kappa shape index (κ3) is 5.37. The summed E-state index contributed by atoms with van der Waals surface area (Å²) in [5.41, 5.74) is 1.26. The van der Waals surface area contributed by atoms with Crippen LogP contribution in [0.1, 0.15) is 75.2 Å². The van der Waals surface area contributed by atoms with E-state index in [1.165, 1.54) is 6.42 Å². The van der Waals surface area contributed by atoms with E-state index in [-0.39, 0.29) is 41.2 Å². The van der Waals surface area contributed by atoms with E-state index >= 15 is 0 Å². The van der Waals surface area contributed by atoms with Crippen LogP contribution in [0.4, 0.5) is 0 Å². The molecule has 7 rings (SSSR count). The van der Waals surface area contributed by atoms with E-state index in [0.29, 0.717) is 39.8 Å². The second-order valence-corrected chi connectivity index (χ2v) is 14.1. The van der Waals surface area contributed by atoms with Crippen molar-refractivity contribution in [3.63, 3.8) is 0 Å². The fraction of sp³-hybridized carbons (Fsp3) is 0.562. The van der Waals surface area contributed by atoms with E-state index in [2.05, 4.69) is 26.1 Å². The van der Waals surface area contributed by atoms with Crippen molar-refractivity contribution in [3.05, 3.63) is 69.7 Å². The average molecular weight is 582 g/mol. The molecule has 0 unspecified atom stereocenters. The number of Topliss-reactive ketones (excluding diaryl/α,β-unsaturated/α-hetero) is 1. The molecule has 0 spiro atoms. The van der Waals surface area contributed by atoms with Gasteiger partial charge in [-0.25, -0.2) is 0 Å². The first-order valence-electron chi connectivity index (χ1n) is 14.7. The predicted molar refractivity (Wildman–Crippen MR) is 158 cm³/mol. The van der Waals surface area contributed by atoms with Gasteiger partial charge in [0.25, 0.3) is 0 Å². The average Bonchev–Trinajstić information content (AvgIpc) is 3.66. The molecule has 5 fully saturated rings. The number of ketones is 1. The number of amides is 1. The maximum Gasteiger partial charge on any atom is 0.481 e. The van der Waals surface area contributed by atoms with E-state index in [0.717, 1.165) is 31.2 Å². The van der Waals surface area contributed by atoms with Crippen LogP contribution in [0.2, 0.25) is 10.0 Å². The minimum Gasteiger partial charge on any atom is -0.404 e. The molecule has 1 N–H and O–H groups in total. The molecule has 5 nitrogen and oxygen atoms in total. The molecular formula is C32H38BCl2NO4. The maximum atomic E-state index is 14.0. The zero-order valence-corrected chi connectivity index (χ0v) is 25.0. The minimum absolute atomic E-state index is 0.0294. The molecule has 2 bridgehead atoms. The smallest absolute Gasteiger partial charge is 0.404 e. The summed E-state index contributed by atoms with van der Waals surface area (Å²) in [6.45, 7) is 6.91. The Labute approximate surface area is 247 Å². The number of rotatable bonds is 10. The summed E-state index contributed by atoms with van der Waals surface area (Å²) in [6.07, 6.45) is 5.87. The molecule has 2 aromatic carbocycles.